The van der Waals surface area contributed by atoms with E-state index in [0.29, 0.717) is 29.2 Å². The Hall–Kier alpha value is -2.82. The summed E-state index contributed by atoms with van der Waals surface area (Å²) in [5.41, 5.74) is 7.18. The van der Waals surface area contributed by atoms with Crippen molar-refractivity contribution in [1.29, 1.82) is 0 Å². The minimum absolute atomic E-state index is 0.0294. The van der Waals surface area contributed by atoms with Crippen LogP contribution in [0.3, 0.4) is 0 Å². The smallest absolute Gasteiger partial charge is 0.272 e. The van der Waals surface area contributed by atoms with Gasteiger partial charge in [0.2, 0.25) is 0 Å². The summed E-state index contributed by atoms with van der Waals surface area (Å²) < 4.78 is 5.50. The van der Waals surface area contributed by atoms with Gasteiger partial charge in [-0.1, -0.05) is 62.8 Å². The second-order valence-electron chi connectivity index (χ2n) is 9.59. The maximum Gasteiger partial charge on any atom is 0.272 e. The number of benzene rings is 2. The lowest BCUT2D eigenvalue weighted by Gasteiger charge is -2.39. The maximum atomic E-state index is 13.9. The molecule has 1 atom stereocenters. The van der Waals surface area contributed by atoms with Crippen molar-refractivity contribution in [3.05, 3.63) is 64.2 Å². The van der Waals surface area contributed by atoms with Crippen molar-refractivity contribution in [3.8, 4) is 5.75 Å². The number of amides is 2. The molecule has 184 valence electrons. The van der Waals surface area contributed by atoms with Crippen molar-refractivity contribution < 1.29 is 14.3 Å². The van der Waals surface area contributed by atoms with Crippen LogP contribution in [0.4, 0.5) is 0 Å². The van der Waals surface area contributed by atoms with Gasteiger partial charge in [0.25, 0.3) is 11.8 Å². The van der Waals surface area contributed by atoms with Gasteiger partial charge in [-0.25, -0.2) is 5.01 Å². The molecule has 0 bridgehead atoms. The summed E-state index contributed by atoms with van der Waals surface area (Å²) in [4.78, 5) is 27.5. The Morgan fingerprint density at radius 2 is 1.74 bits per heavy atom. The molecule has 0 spiro atoms. The fourth-order valence-corrected chi connectivity index (χ4v) is 5.42. The molecule has 1 N–H and O–H groups in total. The fourth-order valence-electron chi connectivity index (χ4n) is 5.42. The number of ether oxygens (including phenoxy) is 1. The molecule has 1 fully saturated rings. The van der Waals surface area contributed by atoms with Crippen molar-refractivity contribution in [2.45, 2.75) is 85.1 Å². The average Bonchev–Trinajstić information content (AvgIpc) is 2.84. The van der Waals surface area contributed by atoms with E-state index in [1.807, 2.05) is 51.1 Å². The van der Waals surface area contributed by atoms with Gasteiger partial charge in [-0.3, -0.25) is 15.0 Å². The zero-order valence-electron chi connectivity index (χ0n) is 21.4. The Bertz CT molecular complexity index is 975. The van der Waals surface area contributed by atoms with Crippen LogP contribution >= 0.6 is 0 Å². The maximum absolute atomic E-state index is 13.9. The summed E-state index contributed by atoms with van der Waals surface area (Å²) in [6, 6.07) is 11.4. The SMILES string of the molecule is CCC[C@H](C1CCCCC1)N(NC(=O)c1cccc(OC)c1CC)C(=O)c1cc(C)cc(C)c1. The predicted octanol–water partition coefficient (Wildman–Crippen LogP) is 6.41. The van der Waals surface area contributed by atoms with Crippen molar-refractivity contribution in [1.82, 2.24) is 10.4 Å². The van der Waals surface area contributed by atoms with E-state index in [-0.39, 0.29) is 17.9 Å². The monoisotopic (exact) mass is 464 g/mol. The number of nitrogens with one attached hydrogen (secondary N) is 1. The summed E-state index contributed by atoms with van der Waals surface area (Å²) in [6.45, 7) is 8.16. The quantitative estimate of drug-likeness (QED) is 0.459. The largest absolute Gasteiger partial charge is 0.496 e. The molecule has 34 heavy (non-hydrogen) atoms. The van der Waals surface area contributed by atoms with Gasteiger partial charge < -0.3 is 4.74 Å². The van der Waals surface area contributed by atoms with E-state index in [4.69, 9.17) is 4.74 Å². The minimum Gasteiger partial charge on any atom is -0.496 e. The zero-order chi connectivity index (χ0) is 24.7. The Balaban J connectivity index is 2.01. The lowest BCUT2D eigenvalue weighted by molar-refractivity contribution is 0.0332. The first-order chi connectivity index (χ1) is 16.4. The first-order valence-electron chi connectivity index (χ1n) is 12.8. The molecule has 0 radical (unpaired) electrons. The third-order valence-electron chi connectivity index (χ3n) is 6.97. The molecule has 1 saturated carbocycles. The molecule has 2 amide bonds. The predicted molar refractivity (Wildman–Crippen MR) is 137 cm³/mol. The number of rotatable bonds is 8. The highest BCUT2D eigenvalue weighted by Gasteiger charge is 2.34. The van der Waals surface area contributed by atoms with Crippen LogP contribution in [0.25, 0.3) is 0 Å². The van der Waals surface area contributed by atoms with Gasteiger partial charge in [-0.15, -0.1) is 0 Å². The van der Waals surface area contributed by atoms with E-state index in [2.05, 4.69) is 18.4 Å². The molecule has 0 aliphatic heterocycles. The first kappa shape index (κ1) is 25.8. The third-order valence-corrected chi connectivity index (χ3v) is 6.97. The van der Waals surface area contributed by atoms with Crippen LogP contribution in [0.15, 0.2) is 36.4 Å². The number of carbonyl (C=O) groups excluding carboxylic acids is 2. The van der Waals surface area contributed by atoms with Gasteiger partial charge in [0.15, 0.2) is 0 Å². The number of aryl methyl sites for hydroxylation is 2. The second kappa shape index (κ2) is 12.0. The van der Waals surface area contributed by atoms with Gasteiger partial charge in [0.05, 0.1) is 13.2 Å². The van der Waals surface area contributed by atoms with Crippen LogP contribution in [-0.2, 0) is 6.42 Å². The first-order valence-corrected chi connectivity index (χ1v) is 12.8. The fraction of sp³-hybridized carbons (Fsp3) is 0.517. The van der Waals surface area contributed by atoms with Gasteiger partial charge in [-0.2, -0.15) is 0 Å². The minimum atomic E-state index is -0.259. The van der Waals surface area contributed by atoms with E-state index in [9.17, 15) is 9.59 Å². The zero-order valence-corrected chi connectivity index (χ0v) is 21.4. The number of methoxy groups -OCH3 is 1. The number of hydrogen-bond acceptors (Lipinski definition) is 3. The highest BCUT2D eigenvalue weighted by Crippen LogP contribution is 2.32. The van der Waals surface area contributed by atoms with Crippen LogP contribution < -0.4 is 10.2 Å². The standard InChI is InChI=1S/C29H40N2O3/c1-6-12-26(22-13-9-8-10-14-22)31(29(33)23-18-20(3)17-21(4)19-23)30-28(32)25-15-11-16-27(34-5)24(25)7-2/h11,15-19,22,26H,6-10,12-14H2,1-5H3,(H,30,32)/t26-/m1/s1. The molecular formula is C29H40N2O3. The van der Waals surface area contributed by atoms with Gasteiger partial charge in [0.1, 0.15) is 5.75 Å². The van der Waals surface area contributed by atoms with Gasteiger partial charge in [-0.05, 0) is 69.7 Å². The number of carbonyl (C=O) groups is 2. The van der Waals surface area contributed by atoms with Crippen LogP contribution in [-0.4, -0.2) is 30.0 Å². The molecule has 5 heteroatoms. The van der Waals surface area contributed by atoms with Gasteiger partial charge in [0, 0.05) is 16.7 Å². The van der Waals surface area contributed by atoms with E-state index < -0.39 is 0 Å². The Morgan fingerprint density at radius 3 is 2.32 bits per heavy atom. The molecule has 0 heterocycles. The molecule has 5 nitrogen and oxygen atoms in total. The van der Waals surface area contributed by atoms with Crippen LogP contribution in [0.5, 0.6) is 5.75 Å². The number of hydrogen-bond donors (Lipinski definition) is 1. The number of hydrazine groups is 1. The molecule has 2 aromatic carbocycles. The molecule has 2 aromatic rings. The highest BCUT2D eigenvalue weighted by atomic mass is 16.5. The summed E-state index contributed by atoms with van der Waals surface area (Å²) >= 11 is 0. The van der Waals surface area contributed by atoms with E-state index >= 15 is 0 Å². The van der Waals surface area contributed by atoms with E-state index in [0.717, 1.165) is 42.4 Å². The van der Waals surface area contributed by atoms with Crippen molar-refractivity contribution >= 4 is 11.8 Å². The summed E-state index contributed by atoms with van der Waals surface area (Å²) in [5, 5.41) is 1.66. The molecule has 1 aliphatic carbocycles. The van der Waals surface area contributed by atoms with Crippen molar-refractivity contribution in [3.63, 3.8) is 0 Å². The average molecular weight is 465 g/mol. The number of nitrogens with zero attached hydrogens (tertiary/aromatic N) is 1. The highest BCUT2D eigenvalue weighted by molar-refractivity contribution is 6.00. The summed E-state index contributed by atoms with van der Waals surface area (Å²) in [7, 11) is 1.62. The lowest BCUT2D eigenvalue weighted by atomic mass is 9.81. The summed E-state index contributed by atoms with van der Waals surface area (Å²) in [5.74, 6) is 0.690. The lowest BCUT2D eigenvalue weighted by Crippen LogP contribution is -2.55. The molecule has 3 rings (SSSR count). The molecule has 0 aromatic heterocycles. The molecule has 1 aliphatic rings. The van der Waals surface area contributed by atoms with E-state index in [1.165, 1.54) is 19.3 Å². The third kappa shape index (κ3) is 5.99. The Labute approximate surface area is 204 Å². The molecule has 0 saturated heterocycles. The normalized spacial score (nSPS) is 15.0. The molecular weight excluding hydrogens is 424 g/mol. The Kier molecular flexibility index (Phi) is 9.14. The second-order valence-corrected chi connectivity index (χ2v) is 9.59. The van der Waals surface area contributed by atoms with Crippen molar-refractivity contribution in [2.75, 3.05) is 7.11 Å². The summed E-state index contributed by atoms with van der Waals surface area (Å²) in [6.07, 6.45) is 8.27. The van der Waals surface area contributed by atoms with E-state index in [1.54, 1.807) is 12.1 Å². The topological polar surface area (TPSA) is 58.6 Å². The van der Waals surface area contributed by atoms with Gasteiger partial charge >= 0.3 is 0 Å². The van der Waals surface area contributed by atoms with Crippen LogP contribution in [0.2, 0.25) is 0 Å². The Morgan fingerprint density at radius 1 is 1.06 bits per heavy atom. The molecule has 0 unspecified atom stereocenters. The van der Waals surface area contributed by atoms with Crippen LogP contribution in [0.1, 0.15) is 96.2 Å². The van der Waals surface area contributed by atoms with Crippen LogP contribution in [0, 0.1) is 19.8 Å². The van der Waals surface area contributed by atoms with Crippen molar-refractivity contribution in [2.24, 2.45) is 5.92 Å².